The molecule has 146 valence electrons. The fourth-order valence-corrected chi connectivity index (χ4v) is 3.04. The van der Waals surface area contributed by atoms with Crippen molar-refractivity contribution in [3.8, 4) is 0 Å². The zero-order valence-corrected chi connectivity index (χ0v) is 16.2. The van der Waals surface area contributed by atoms with Crippen LogP contribution in [0.5, 0.6) is 0 Å². The molecule has 0 bridgehead atoms. The maximum absolute atomic E-state index is 14.9. The highest BCUT2D eigenvalue weighted by atomic mass is 19.2. The van der Waals surface area contributed by atoms with E-state index in [1.165, 1.54) is 17.9 Å². The largest absolute Gasteiger partial charge is 0.308 e. The number of rotatable bonds is 3. The summed E-state index contributed by atoms with van der Waals surface area (Å²) in [6.07, 6.45) is -0.250. The van der Waals surface area contributed by atoms with Crippen molar-refractivity contribution in [1.82, 2.24) is 0 Å². The Hall–Kier alpha value is -2.82. The molecule has 1 aliphatic rings. The predicted octanol–water partition coefficient (Wildman–Crippen LogP) is 7.22. The Morgan fingerprint density at radius 1 is 0.857 bits per heavy atom. The molecular weight excluding hydrogens is 366 g/mol. The number of allylic oxidation sites excluding steroid dienone is 5. The van der Waals surface area contributed by atoms with Gasteiger partial charge in [-0.2, -0.15) is 0 Å². The molecule has 28 heavy (non-hydrogen) atoms. The van der Waals surface area contributed by atoms with Crippen LogP contribution < -0.4 is 4.90 Å². The van der Waals surface area contributed by atoms with E-state index in [4.69, 9.17) is 0 Å². The molecule has 1 nitrogen and oxygen atoms in total. The minimum atomic E-state index is -2.09. The molecule has 3 rings (SSSR count). The molecule has 0 amide bonds. The van der Waals surface area contributed by atoms with E-state index in [2.05, 4.69) is 0 Å². The van der Waals surface area contributed by atoms with Gasteiger partial charge in [-0.1, -0.05) is 17.7 Å². The first kappa shape index (κ1) is 19.9. The van der Waals surface area contributed by atoms with Crippen LogP contribution in [0, 0.1) is 26.6 Å². The van der Waals surface area contributed by atoms with Crippen molar-refractivity contribution < 1.29 is 17.6 Å². The molecule has 0 fully saturated rings. The van der Waals surface area contributed by atoms with Crippen LogP contribution in [0.3, 0.4) is 0 Å². The monoisotopic (exact) mass is 387 g/mol. The highest BCUT2D eigenvalue weighted by molar-refractivity contribution is 5.72. The fraction of sp³-hybridized carbons (Fsp3) is 0.217. The molecule has 1 atom stereocenters. The van der Waals surface area contributed by atoms with Gasteiger partial charge in [0.25, 0.3) is 0 Å². The molecule has 0 N–H and O–H groups in total. The standard InChI is InChI=1S/C23H21F4N/c1-13-5-7-17(8-6-13)28(18-9-14(2)16(4)20(25)11-18)22-12-19(24)15(3)10-21(26)23(22)27/h5-12,21H,1-4H3. The molecule has 0 saturated heterocycles. The van der Waals surface area contributed by atoms with Crippen LogP contribution in [0.2, 0.25) is 0 Å². The van der Waals surface area contributed by atoms with Gasteiger partial charge in [-0.15, -0.1) is 0 Å². The lowest BCUT2D eigenvalue weighted by Gasteiger charge is -2.28. The van der Waals surface area contributed by atoms with E-state index in [1.54, 1.807) is 44.2 Å². The topological polar surface area (TPSA) is 3.24 Å². The number of anilines is 2. The Balaban J connectivity index is 2.28. The maximum Gasteiger partial charge on any atom is 0.172 e. The summed E-state index contributed by atoms with van der Waals surface area (Å²) in [4.78, 5) is 1.34. The molecule has 1 unspecified atom stereocenters. The van der Waals surface area contributed by atoms with Crippen molar-refractivity contribution >= 4 is 11.4 Å². The van der Waals surface area contributed by atoms with Crippen molar-refractivity contribution in [3.63, 3.8) is 0 Å². The summed E-state index contributed by atoms with van der Waals surface area (Å²) in [6, 6.07) is 9.91. The van der Waals surface area contributed by atoms with Crippen LogP contribution in [0.15, 0.2) is 71.5 Å². The van der Waals surface area contributed by atoms with Crippen molar-refractivity contribution in [2.45, 2.75) is 33.9 Å². The molecule has 2 aromatic rings. The van der Waals surface area contributed by atoms with E-state index in [-0.39, 0.29) is 17.0 Å². The molecule has 1 aliphatic carbocycles. The predicted molar refractivity (Wildman–Crippen MR) is 105 cm³/mol. The quantitative estimate of drug-likeness (QED) is 0.503. The highest BCUT2D eigenvalue weighted by Crippen LogP contribution is 2.38. The van der Waals surface area contributed by atoms with Gasteiger partial charge in [-0.25, -0.2) is 17.6 Å². The molecule has 0 saturated carbocycles. The van der Waals surface area contributed by atoms with Gasteiger partial charge < -0.3 is 4.90 Å². The van der Waals surface area contributed by atoms with Gasteiger partial charge in [0.05, 0.1) is 5.70 Å². The average Bonchev–Trinajstić information content (AvgIpc) is 2.74. The maximum atomic E-state index is 14.9. The summed E-state index contributed by atoms with van der Waals surface area (Å²) in [5.41, 5.74) is 2.53. The van der Waals surface area contributed by atoms with Crippen molar-refractivity contribution in [2.24, 2.45) is 0 Å². The Morgan fingerprint density at radius 2 is 1.50 bits per heavy atom. The van der Waals surface area contributed by atoms with Gasteiger partial charge in [0.2, 0.25) is 0 Å². The number of hydrogen-bond acceptors (Lipinski definition) is 1. The van der Waals surface area contributed by atoms with E-state index in [1.807, 2.05) is 6.92 Å². The second-order valence-electron chi connectivity index (χ2n) is 7.02. The molecule has 0 radical (unpaired) electrons. The van der Waals surface area contributed by atoms with E-state index in [9.17, 15) is 17.6 Å². The van der Waals surface area contributed by atoms with E-state index in [0.717, 1.165) is 17.7 Å². The Morgan fingerprint density at radius 3 is 2.11 bits per heavy atom. The number of halogens is 4. The summed E-state index contributed by atoms with van der Waals surface area (Å²) in [6.45, 7) is 6.63. The van der Waals surface area contributed by atoms with Crippen LogP contribution >= 0.6 is 0 Å². The lowest BCUT2D eigenvalue weighted by atomic mass is 10.1. The van der Waals surface area contributed by atoms with Crippen molar-refractivity contribution in [3.05, 3.63) is 94.0 Å². The molecular formula is C23H21F4N. The highest BCUT2D eigenvalue weighted by Gasteiger charge is 2.26. The molecule has 2 aromatic carbocycles. The number of alkyl halides is 1. The number of hydrogen-bond donors (Lipinski definition) is 0. The third kappa shape index (κ3) is 3.75. The SMILES string of the molecule is CC1=CC(F)C(F)=C(N(c2ccc(C)cc2)c2cc(C)c(C)c(F)c2)C=C1F. The summed E-state index contributed by atoms with van der Waals surface area (Å²) >= 11 is 0. The lowest BCUT2D eigenvalue weighted by molar-refractivity contribution is 0.377. The minimum absolute atomic E-state index is 0.00720. The van der Waals surface area contributed by atoms with Gasteiger partial charge in [-0.05, 0) is 74.7 Å². The minimum Gasteiger partial charge on any atom is -0.308 e. The second-order valence-corrected chi connectivity index (χ2v) is 7.02. The number of nitrogens with zero attached hydrogens (tertiary/aromatic N) is 1. The van der Waals surface area contributed by atoms with Crippen LogP contribution in [-0.2, 0) is 0 Å². The first-order valence-electron chi connectivity index (χ1n) is 8.92. The summed E-state index contributed by atoms with van der Waals surface area (Å²) in [5, 5.41) is 0. The number of benzene rings is 2. The zero-order valence-electron chi connectivity index (χ0n) is 16.2. The third-order valence-corrected chi connectivity index (χ3v) is 4.90. The molecule has 0 heterocycles. The summed E-state index contributed by atoms with van der Waals surface area (Å²) in [5.74, 6) is -2.35. The van der Waals surface area contributed by atoms with E-state index in [0.29, 0.717) is 16.8 Å². The smallest absolute Gasteiger partial charge is 0.172 e. The summed E-state index contributed by atoms with van der Waals surface area (Å²) < 4.78 is 58.2. The molecule has 0 aromatic heterocycles. The zero-order chi connectivity index (χ0) is 20.6. The van der Waals surface area contributed by atoms with Gasteiger partial charge >= 0.3 is 0 Å². The van der Waals surface area contributed by atoms with Crippen LogP contribution in [0.1, 0.15) is 23.6 Å². The van der Waals surface area contributed by atoms with Crippen LogP contribution in [-0.4, -0.2) is 6.17 Å². The van der Waals surface area contributed by atoms with Crippen molar-refractivity contribution in [2.75, 3.05) is 4.90 Å². The average molecular weight is 387 g/mol. The van der Waals surface area contributed by atoms with Gasteiger partial charge in [0, 0.05) is 17.5 Å². The summed E-state index contributed by atoms with van der Waals surface area (Å²) in [7, 11) is 0. The molecule has 0 aliphatic heterocycles. The number of aryl methyl sites for hydroxylation is 2. The first-order valence-corrected chi connectivity index (χ1v) is 8.92. The fourth-order valence-electron chi connectivity index (χ4n) is 3.04. The molecule has 5 heteroatoms. The molecule has 0 spiro atoms. The normalized spacial score (nSPS) is 17.2. The Labute approximate surface area is 162 Å². The van der Waals surface area contributed by atoms with Gasteiger partial charge in [-0.3, -0.25) is 0 Å². The Kier molecular flexibility index (Phi) is 5.45. The lowest BCUT2D eigenvalue weighted by Crippen LogP contribution is -2.19. The van der Waals surface area contributed by atoms with Crippen LogP contribution in [0.4, 0.5) is 28.9 Å². The van der Waals surface area contributed by atoms with Gasteiger partial charge in [0.1, 0.15) is 11.6 Å². The third-order valence-electron chi connectivity index (χ3n) is 4.90. The first-order chi connectivity index (χ1) is 13.2. The van der Waals surface area contributed by atoms with Crippen LogP contribution in [0.25, 0.3) is 0 Å². The second kappa shape index (κ2) is 7.66. The van der Waals surface area contributed by atoms with E-state index >= 15 is 0 Å². The van der Waals surface area contributed by atoms with Gasteiger partial charge in [0.15, 0.2) is 12.0 Å². The van der Waals surface area contributed by atoms with E-state index < -0.39 is 23.6 Å². The van der Waals surface area contributed by atoms with Crippen molar-refractivity contribution in [1.29, 1.82) is 0 Å². The Bertz CT molecular complexity index is 977.